The highest BCUT2D eigenvalue weighted by Crippen LogP contribution is 2.46. The molecule has 1 N–H and O–H groups in total. The molecule has 1 amide bonds. The summed E-state index contributed by atoms with van der Waals surface area (Å²) >= 11 is 1.96. The first-order chi connectivity index (χ1) is 15.6. The molecule has 1 atom stereocenters. The first kappa shape index (κ1) is 25.6. The van der Waals surface area contributed by atoms with E-state index in [-0.39, 0.29) is 10.7 Å². The molecule has 12 heteroatoms. The van der Waals surface area contributed by atoms with Gasteiger partial charge in [0.2, 0.25) is 5.88 Å². The van der Waals surface area contributed by atoms with E-state index in [1.165, 1.54) is 0 Å². The second-order valence-electron chi connectivity index (χ2n) is 8.23. The predicted octanol–water partition coefficient (Wildman–Crippen LogP) is 2.87. The molecule has 3 saturated heterocycles. The summed E-state index contributed by atoms with van der Waals surface area (Å²) in [6.07, 6.45) is 0.128. The van der Waals surface area contributed by atoms with Gasteiger partial charge in [0.15, 0.2) is 0 Å². The normalized spacial score (nSPS) is 22.3. The average molecular weight is 493 g/mol. The van der Waals surface area contributed by atoms with Crippen LogP contribution < -0.4 is 4.74 Å². The van der Waals surface area contributed by atoms with E-state index in [2.05, 4.69) is 4.98 Å². The van der Waals surface area contributed by atoms with Crippen molar-refractivity contribution >= 4 is 23.6 Å². The Balaban J connectivity index is 0.000000383. The maximum atomic E-state index is 12.7. The fourth-order valence-corrected chi connectivity index (χ4v) is 5.55. The van der Waals surface area contributed by atoms with E-state index in [1.807, 2.05) is 16.7 Å². The summed E-state index contributed by atoms with van der Waals surface area (Å²) in [5, 5.41) is 7.12. The molecule has 0 radical (unpaired) electrons. The van der Waals surface area contributed by atoms with Gasteiger partial charge >= 0.3 is 12.1 Å². The number of aromatic nitrogens is 1. The minimum atomic E-state index is -5.08. The Hall–Kier alpha value is -2.05. The molecule has 1 aromatic heterocycles. The topological polar surface area (TPSA) is 98.2 Å². The number of pyridine rings is 1. The number of likely N-dealkylation sites (tertiary alicyclic amines) is 1. The van der Waals surface area contributed by atoms with Crippen molar-refractivity contribution in [3.05, 3.63) is 23.9 Å². The van der Waals surface area contributed by atoms with Gasteiger partial charge in [0.25, 0.3) is 5.91 Å². The van der Waals surface area contributed by atoms with Crippen molar-refractivity contribution in [3.63, 3.8) is 0 Å². The number of hydrogen-bond donors (Lipinski definition) is 1. The van der Waals surface area contributed by atoms with Crippen LogP contribution in [0.2, 0.25) is 0 Å². The van der Waals surface area contributed by atoms with Crippen molar-refractivity contribution in [3.8, 4) is 5.88 Å². The summed E-state index contributed by atoms with van der Waals surface area (Å²) in [6.45, 7) is 4.15. The van der Waals surface area contributed by atoms with Crippen molar-refractivity contribution in [1.82, 2.24) is 9.88 Å². The Morgan fingerprint density at radius 3 is 2.61 bits per heavy atom. The molecular weight excluding hydrogens is 465 g/mol. The van der Waals surface area contributed by atoms with Gasteiger partial charge in [0.05, 0.1) is 18.0 Å². The number of halogens is 3. The third-order valence-electron chi connectivity index (χ3n) is 5.77. The van der Waals surface area contributed by atoms with Crippen LogP contribution in [0, 0.1) is 5.92 Å². The molecule has 1 spiro atoms. The third kappa shape index (κ3) is 6.73. The smallest absolute Gasteiger partial charge is 0.480 e. The number of alkyl halides is 3. The van der Waals surface area contributed by atoms with Crippen molar-refractivity contribution in [2.45, 2.75) is 36.3 Å². The number of carboxylic acid groups (broad SMARTS) is 1. The largest absolute Gasteiger partial charge is 0.490 e. The number of thioether (sulfide) groups is 1. The Kier molecular flexibility index (Phi) is 8.46. The van der Waals surface area contributed by atoms with Gasteiger partial charge in [-0.2, -0.15) is 13.2 Å². The number of amides is 1. The second kappa shape index (κ2) is 10.9. The zero-order chi connectivity index (χ0) is 24.1. The lowest BCUT2D eigenvalue weighted by Crippen LogP contribution is -2.60. The zero-order valence-corrected chi connectivity index (χ0v) is 19.0. The molecule has 0 bridgehead atoms. The number of ether oxygens (including phenoxy) is 3. The number of methoxy groups -OCH3 is 1. The van der Waals surface area contributed by atoms with Gasteiger partial charge in [-0.1, -0.05) is 0 Å². The number of carbonyl (C=O) groups excluding carboxylic acids is 1. The van der Waals surface area contributed by atoms with Crippen molar-refractivity contribution < 1.29 is 42.1 Å². The van der Waals surface area contributed by atoms with E-state index >= 15 is 0 Å². The zero-order valence-electron chi connectivity index (χ0n) is 18.2. The van der Waals surface area contributed by atoms with Gasteiger partial charge in [-0.05, 0) is 37.3 Å². The summed E-state index contributed by atoms with van der Waals surface area (Å²) in [7, 11) is 1.55. The van der Waals surface area contributed by atoms with E-state index < -0.39 is 12.1 Å². The molecule has 0 saturated carbocycles. The molecule has 8 nitrogen and oxygen atoms in total. The van der Waals surface area contributed by atoms with Crippen LogP contribution in [-0.4, -0.2) is 89.7 Å². The van der Waals surface area contributed by atoms with E-state index in [0.29, 0.717) is 23.5 Å². The molecular formula is C21H27F3N2O6S. The highest BCUT2D eigenvalue weighted by molar-refractivity contribution is 8.01. The Morgan fingerprint density at radius 1 is 1.33 bits per heavy atom. The third-order valence-corrected chi connectivity index (χ3v) is 7.34. The molecule has 3 aliphatic rings. The molecule has 0 aliphatic carbocycles. The Labute approximate surface area is 193 Å². The van der Waals surface area contributed by atoms with E-state index in [9.17, 15) is 18.0 Å². The average Bonchev–Trinajstić information content (AvgIpc) is 3.21. The number of carbonyl (C=O) groups is 2. The number of rotatable bonds is 5. The van der Waals surface area contributed by atoms with Crippen LogP contribution in [0.4, 0.5) is 13.2 Å². The van der Waals surface area contributed by atoms with Gasteiger partial charge in [0, 0.05) is 44.9 Å². The predicted molar refractivity (Wildman–Crippen MR) is 113 cm³/mol. The van der Waals surface area contributed by atoms with Gasteiger partial charge in [-0.15, -0.1) is 11.8 Å². The molecule has 4 heterocycles. The lowest BCUT2D eigenvalue weighted by molar-refractivity contribution is -0.192. The molecule has 1 aromatic rings. The number of hydrogen-bond acceptors (Lipinski definition) is 7. The fourth-order valence-electron chi connectivity index (χ4n) is 3.99. The van der Waals surface area contributed by atoms with Crippen LogP contribution in [0.5, 0.6) is 5.88 Å². The van der Waals surface area contributed by atoms with Crippen LogP contribution >= 0.6 is 11.8 Å². The van der Waals surface area contributed by atoms with E-state index in [4.69, 9.17) is 24.1 Å². The fraction of sp³-hybridized carbons (Fsp3) is 0.667. The Morgan fingerprint density at radius 2 is 2.00 bits per heavy atom. The van der Waals surface area contributed by atoms with Crippen LogP contribution in [0.15, 0.2) is 18.3 Å². The van der Waals surface area contributed by atoms with Gasteiger partial charge in [-0.3, -0.25) is 4.79 Å². The lowest BCUT2D eigenvalue weighted by Gasteiger charge is -2.47. The minimum Gasteiger partial charge on any atom is -0.480 e. The Bertz CT molecular complexity index is 828. The van der Waals surface area contributed by atoms with E-state index in [1.54, 1.807) is 25.4 Å². The molecule has 33 heavy (non-hydrogen) atoms. The van der Waals surface area contributed by atoms with Crippen LogP contribution in [-0.2, 0) is 14.3 Å². The number of aliphatic carboxylic acids is 1. The standard InChI is InChI=1S/C19H26N2O4S.C2HF3O2/c1-23-17-16(3-2-6-20-17)18(22)21-12-19(13-21)9-15(11-26-19)25-10-14-4-7-24-8-5-14;3-2(4,5)1(6)7/h2-3,6,14-15H,4-5,7-13H2,1H3;(H,6,7). The highest BCUT2D eigenvalue weighted by atomic mass is 32.2. The van der Waals surface area contributed by atoms with Gasteiger partial charge < -0.3 is 24.2 Å². The SMILES string of the molecule is COc1ncccc1C(=O)N1CC2(CC(OCC3CCOCC3)CS2)C1.O=C(O)C(F)(F)F. The summed E-state index contributed by atoms with van der Waals surface area (Å²) in [4.78, 5) is 27.6. The van der Waals surface area contributed by atoms with Crippen molar-refractivity contribution in [2.24, 2.45) is 5.92 Å². The molecule has 184 valence electrons. The van der Waals surface area contributed by atoms with E-state index in [0.717, 1.165) is 57.9 Å². The highest BCUT2D eigenvalue weighted by Gasteiger charge is 2.51. The van der Waals surface area contributed by atoms with Crippen molar-refractivity contribution in [1.29, 1.82) is 0 Å². The summed E-state index contributed by atoms with van der Waals surface area (Å²) in [5.74, 6) is -0.681. The first-order valence-electron chi connectivity index (χ1n) is 10.6. The lowest BCUT2D eigenvalue weighted by atomic mass is 9.92. The summed E-state index contributed by atoms with van der Waals surface area (Å²) < 4.78 is 48.7. The summed E-state index contributed by atoms with van der Waals surface area (Å²) in [6, 6.07) is 3.55. The first-order valence-corrected chi connectivity index (χ1v) is 11.5. The van der Waals surface area contributed by atoms with Gasteiger partial charge in [-0.25, -0.2) is 9.78 Å². The molecule has 3 fully saturated rings. The number of carboxylic acids is 1. The number of nitrogens with zero attached hydrogens (tertiary/aromatic N) is 2. The van der Waals surface area contributed by atoms with Gasteiger partial charge in [0.1, 0.15) is 5.56 Å². The maximum absolute atomic E-state index is 12.7. The van der Waals surface area contributed by atoms with Crippen LogP contribution in [0.25, 0.3) is 0 Å². The van der Waals surface area contributed by atoms with Crippen LogP contribution in [0.3, 0.4) is 0 Å². The van der Waals surface area contributed by atoms with Crippen LogP contribution in [0.1, 0.15) is 29.6 Å². The maximum Gasteiger partial charge on any atom is 0.490 e. The second-order valence-corrected chi connectivity index (χ2v) is 9.72. The summed E-state index contributed by atoms with van der Waals surface area (Å²) in [5.41, 5.74) is 0.542. The quantitative estimate of drug-likeness (QED) is 0.670. The molecule has 0 aromatic carbocycles. The monoisotopic (exact) mass is 492 g/mol. The minimum absolute atomic E-state index is 0.00717. The molecule has 1 unspecified atom stereocenters. The molecule has 4 rings (SSSR count). The van der Waals surface area contributed by atoms with Crippen molar-refractivity contribution in [2.75, 3.05) is 45.8 Å². The molecule has 3 aliphatic heterocycles.